The second-order valence-corrected chi connectivity index (χ2v) is 21.3. The lowest BCUT2D eigenvalue weighted by molar-refractivity contribution is -0.141. The van der Waals surface area contributed by atoms with E-state index >= 15 is 0 Å². The number of nitrogens with zero attached hydrogens (tertiary/aromatic N) is 9. The predicted octanol–water partition coefficient (Wildman–Crippen LogP) is 8.36. The second-order valence-electron chi connectivity index (χ2n) is 21.3. The van der Waals surface area contributed by atoms with Crippen molar-refractivity contribution in [3.8, 4) is 11.4 Å². The lowest BCUT2D eigenvalue weighted by Gasteiger charge is -2.39. The SMILES string of the molecule is CCOc1cc(N2CCC(C(=O)N3CCN(C(=O)OC4CCC(Nc5cc(-n6nc(C(F)(F)F)c7c6CC(C)(C)CC7=O)ccc5C(N)=O)CC4)CC3)CC2)ccc1Nc1ncc2c(n1)N(C)c1ccccc1C(=O)N2C. The third-order valence-electron chi connectivity index (χ3n) is 15.4. The summed E-state index contributed by atoms with van der Waals surface area (Å²) < 4.78 is 55.7. The monoisotopic (exact) mass is 1060 g/mol. The number of aromatic nitrogens is 4. The van der Waals surface area contributed by atoms with Crippen LogP contribution in [0.25, 0.3) is 5.69 Å². The van der Waals surface area contributed by atoms with Crippen molar-refractivity contribution in [1.29, 1.82) is 0 Å². The van der Waals surface area contributed by atoms with E-state index in [0.29, 0.717) is 125 Å². The Morgan fingerprint density at radius 3 is 2.22 bits per heavy atom. The van der Waals surface area contributed by atoms with Gasteiger partial charge in [-0.1, -0.05) is 26.0 Å². The Balaban J connectivity index is 0.696. The lowest BCUT2D eigenvalue weighted by atomic mass is 9.75. The summed E-state index contributed by atoms with van der Waals surface area (Å²) in [7, 11) is 3.58. The van der Waals surface area contributed by atoms with Gasteiger partial charge in [0.1, 0.15) is 17.5 Å². The Bertz CT molecular complexity index is 3120. The standard InChI is InChI=1S/C55H63F3N12O7/c1-6-76-45-28-34(14-18-39(45)62-52-60-31-43-49(63-52)65(4)41-10-8-7-9-38(41)51(74)66(43)5)67-21-19-32(20-22-67)50(73)68-23-25-69(26-24-68)53(75)77-36-15-11-33(12-16-36)61-40-27-35(13-17-37(40)48(59)72)70-42-29-54(2,3)30-44(71)46(42)47(64-70)55(56,57)58/h7-10,13-14,17-18,27-28,31-33,36,61H,6,11-12,15-16,19-26,29-30H2,1-5H3,(H2,59,72)(H,60,62,63). The van der Waals surface area contributed by atoms with Crippen molar-refractivity contribution in [2.24, 2.45) is 17.1 Å². The van der Waals surface area contributed by atoms with Crippen LogP contribution >= 0.6 is 0 Å². The van der Waals surface area contributed by atoms with Gasteiger partial charge in [0.2, 0.25) is 11.9 Å². The number of nitrogens with one attached hydrogen (secondary N) is 2. The first-order valence-electron chi connectivity index (χ1n) is 26.2. The van der Waals surface area contributed by atoms with Crippen molar-refractivity contribution in [2.75, 3.05) is 85.3 Å². The Morgan fingerprint density at radius 2 is 1.52 bits per heavy atom. The van der Waals surface area contributed by atoms with Gasteiger partial charge in [-0.3, -0.25) is 19.2 Å². The first-order valence-corrected chi connectivity index (χ1v) is 26.2. The minimum absolute atomic E-state index is 0.0358. The number of hydrogen-bond acceptors (Lipinski definition) is 14. The second kappa shape index (κ2) is 20.9. The predicted molar refractivity (Wildman–Crippen MR) is 283 cm³/mol. The van der Waals surface area contributed by atoms with Gasteiger partial charge in [0.25, 0.3) is 11.8 Å². The number of para-hydroxylation sites is 1. The number of rotatable bonds is 11. The van der Waals surface area contributed by atoms with E-state index in [0.717, 1.165) is 16.1 Å². The topological polar surface area (TPSA) is 214 Å². The molecule has 2 aromatic heterocycles. The zero-order valence-electron chi connectivity index (χ0n) is 43.8. The number of carbonyl (C=O) groups is 5. The zero-order valence-corrected chi connectivity index (χ0v) is 43.8. The molecule has 0 bridgehead atoms. The molecule has 3 fully saturated rings. The van der Waals surface area contributed by atoms with E-state index in [1.54, 1.807) is 29.1 Å². The molecular formula is C55H63F3N12O7. The number of halogens is 3. The Hall–Kier alpha value is -7.91. The molecule has 22 heteroatoms. The average Bonchev–Trinajstić information content (AvgIpc) is 3.82. The molecule has 0 atom stereocenters. The van der Waals surface area contributed by atoms with Crippen molar-refractivity contribution < 1.29 is 46.6 Å². The van der Waals surface area contributed by atoms with Gasteiger partial charge in [0.15, 0.2) is 17.3 Å². The summed E-state index contributed by atoms with van der Waals surface area (Å²) in [6.45, 7) is 8.84. The van der Waals surface area contributed by atoms with E-state index in [1.165, 1.54) is 18.2 Å². The number of Topliss-reactive ketones (excluding diaryl/α,β-unsaturated/α-hetero) is 1. The van der Waals surface area contributed by atoms with E-state index in [1.807, 2.05) is 74.0 Å². The summed E-state index contributed by atoms with van der Waals surface area (Å²) >= 11 is 0. The molecule has 4 N–H and O–H groups in total. The van der Waals surface area contributed by atoms with Crippen molar-refractivity contribution in [2.45, 2.75) is 90.5 Å². The maximum atomic E-state index is 14.2. The van der Waals surface area contributed by atoms with Crippen LogP contribution in [0, 0.1) is 11.3 Å². The number of amides is 4. The Labute approximate surface area is 443 Å². The molecule has 3 aromatic carbocycles. The number of ether oxygens (including phenoxy) is 2. The number of piperidine rings is 1. The summed E-state index contributed by atoms with van der Waals surface area (Å²) in [5.41, 5.74) is 7.94. The van der Waals surface area contributed by atoms with Crippen LogP contribution < -0.4 is 35.8 Å². The minimum Gasteiger partial charge on any atom is -0.492 e. The molecule has 0 unspecified atom stereocenters. The molecular weight excluding hydrogens is 998 g/mol. The summed E-state index contributed by atoms with van der Waals surface area (Å²) in [6.07, 6.45) is -0.303. The van der Waals surface area contributed by atoms with Crippen LogP contribution in [-0.2, 0) is 22.1 Å². The number of hydrogen-bond donors (Lipinski definition) is 3. The molecule has 4 amide bonds. The number of benzene rings is 3. The van der Waals surface area contributed by atoms with Crippen LogP contribution in [0.5, 0.6) is 5.75 Å². The molecule has 77 heavy (non-hydrogen) atoms. The number of primary amides is 1. The maximum absolute atomic E-state index is 14.2. The first-order chi connectivity index (χ1) is 36.8. The summed E-state index contributed by atoms with van der Waals surface area (Å²) in [5, 5.41) is 10.6. The van der Waals surface area contributed by atoms with Gasteiger partial charge in [-0.15, -0.1) is 0 Å². The van der Waals surface area contributed by atoms with Gasteiger partial charge in [-0.05, 0) is 99.7 Å². The van der Waals surface area contributed by atoms with E-state index in [-0.39, 0.29) is 59.7 Å². The third-order valence-corrected chi connectivity index (χ3v) is 15.4. The van der Waals surface area contributed by atoms with E-state index in [2.05, 4.69) is 25.6 Å². The summed E-state index contributed by atoms with van der Waals surface area (Å²) in [6, 6.07) is 17.6. The Morgan fingerprint density at radius 1 is 0.818 bits per heavy atom. The highest BCUT2D eigenvalue weighted by atomic mass is 19.4. The number of ketones is 1. The summed E-state index contributed by atoms with van der Waals surface area (Å²) in [4.78, 5) is 84.7. The van der Waals surface area contributed by atoms with Gasteiger partial charge in [-0.25, -0.2) is 14.5 Å². The highest BCUT2D eigenvalue weighted by Crippen LogP contribution is 2.43. The molecule has 5 heterocycles. The fourth-order valence-corrected chi connectivity index (χ4v) is 11.3. The van der Waals surface area contributed by atoms with Crippen molar-refractivity contribution in [3.05, 3.63) is 94.9 Å². The fourth-order valence-electron chi connectivity index (χ4n) is 11.3. The molecule has 3 aliphatic heterocycles. The zero-order chi connectivity index (χ0) is 54.5. The number of carbonyl (C=O) groups excluding carboxylic acids is 5. The molecule has 2 aliphatic carbocycles. The Kier molecular flexibility index (Phi) is 14.3. The molecule has 1 saturated carbocycles. The van der Waals surface area contributed by atoms with Gasteiger partial charge in [-0.2, -0.15) is 23.3 Å². The van der Waals surface area contributed by atoms with Crippen LogP contribution in [0.4, 0.5) is 58.2 Å². The lowest BCUT2D eigenvalue weighted by Crippen LogP contribution is -2.53. The van der Waals surface area contributed by atoms with Gasteiger partial charge >= 0.3 is 12.3 Å². The molecule has 0 spiro atoms. The molecule has 10 rings (SSSR count). The number of anilines is 7. The quantitative estimate of drug-likeness (QED) is 0.113. The number of nitrogens with two attached hydrogens (primary N) is 1. The average molecular weight is 1060 g/mol. The molecule has 406 valence electrons. The highest BCUT2D eigenvalue weighted by molar-refractivity contribution is 6.13. The van der Waals surface area contributed by atoms with Gasteiger partial charge in [0.05, 0.1) is 52.3 Å². The maximum Gasteiger partial charge on any atom is 0.435 e. The minimum atomic E-state index is -4.84. The van der Waals surface area contributed by atoms with Gasteiger partial charge in [0, 0.05) is 89.2 Å². The van der Waals surface area contributed by atoms with Crippen LogP contribution in [0.1, 0.15) is 108 Å². The largest absolute Gasteiger partial charge is 0.492 e. The van der Waals surface area contributed by atoms with E-state index in [4.69, 9.17) is 20.2 Å². The van der Waals surface area contributed by atoms with Gasteiger partial charge < -0.3 is 50.3 Å². The van der Waals surface area contributed by atoms with Crippen LogP contribution in [0.2, 0.25) is 0 Å². The van der Waals surface area contributed by atoms with E-state index in [9.17, 15) is 37.1 Å². The number of fused-ring (bicyclic) bond motifs is 3. The van der Waals surface area contributed by atoms with Crippen molar-refractivity contribution in [1.82, 2.24) is 29.5 Å². The third kappa shape index (κ3) is 10.7. The molecule has 5 aromatic rings. The normalized spacial score (nSPS) is 19.7. The van der Waals surface area contributed by atoms with E-state index < -0.39 is 40.6 Å². The molecule has 19 nitrogen and oxygen atoms in total. The highest BCUT2D eigenvalue weighted by Gasteiger charge is 2.46. The van der Waals surface area contributed by atoms with Crippen LogP contribution in [0.15, 0.2) is 66.9 Å². The molecule has 2 saturated heterocycles. The molecule has 0 radical (unpaired) electrons. The fraction of sp³-hybridized carbons (Fsp3) is 0.455. The number of alkyl halides is 3. The summed E-state index contributed by atoms with van der Waals surface area (Å²) in [5.74, 6) is -0.00743. The van der Waals surface area contributed by atoms with Crippen LogP contribution in [-0.4, -0.2) is 131 Å². The smallest absolute Gasteiger partial charge is 0.435 e. The number of piperazine rings is 1. The van der Waals surface area contributed by atoms with Crippen LogP contribution in [0.3, 0.4) is 0 Å². The van der Waals surface area contributed by atoms with Crippen molar-refractivity contribution in [3.63, 3.8) is 0 Å². The first kappa shape index (κ1) is 52.5. The van der Waals surface area contributed by atoms with Crippen molar-refractivity contribution >= 4 is 69.8 Å². The molecule has 5 aliphatic rings.